The molecule has 37 heavy (non-hydrogen) atoms. The van der Waals surface area contributed by atoms with Crippen LogP contribution < -0.4 is 10.1 Å². The first-order chi connectivity index (χ1) is 18.0. The quantitative estimate of drug-likeness (QED) is 0.263. The van der Waals surface area contributed by atoms with Crippen LogP contribution in [0.1, 0.15) is 24.9 Å². The van der Waals surface area contributed by atoms with E-state index in [1.165, 1.54) is 12.4 Å². The minimum Gasteiger partial charge on any atom is -0.485 e. The van der Waals surface area contributed by atoms with Gasteiger partial charge in [-0.25, -0.2) is 9.97 Å². The Balaban J connectivity index is 1.23. The van der Waals surface area contributed by atoms with Crippen molar-refractivity contribution in [2.24, 2.45) is 0 Å². The second-order valence-electron chi connectivity index (χ2n) is 9.36. The highest BCUT2D eigenvalue weighted by Crippen LogP contribution is 2.34. The number of rotatable bonds is 9. The van der Waals surface area contributed by atoms with Gasteiger partial charge in [-0.15, -0.1) is 0 Å². The number of nitro benzene ring substituents is 1. The zero-order valence-corrected chi connectivity index (χ0v) is 20.7. The van der Waals surface area contributed by atoms with E-state index in [-0.39, 0.29) is 29.5 Å². The van der Waals surface area contributed by atoms with Gasteiger partial charge in [0.25, 0.3) is 0 Å². The standard InChI is InChI=1S/C26H30N6O5/c1-18(19-5-3-2-4-6-19)29-26-21-14-23(32(34)35)24(15-22(21)27-17-28-26)36-12-11-30-7-9-31(10-8-30)20-13-25(33)37-16-20/h2-6,14-15,17-18,20H,7-13,16H2,1H3,(H,27,28,29). The smallest absolute Gasteiger partial charge is 0.311 e. The maximum atomic E-state index is 11.9. The first-order valence-corrected chi connectivity index (χ1v) is 12.5. The maximum Gasteiger partial charge on any atom is 0.311 e. The van der Waals surface area contributed by atoms with Gasteiger partial charge in [0, 0.05) is 56.3 Å². The molecule has 5 rings (SSSR count). The maximum absolute atomic E-state index is 11.9. The lowest BCUT2D eigenvalue weighted by Crippen LogP contribution is -2.51. The van der Waals surface area contributed by atoms with E-state index in [0.717, 1.165) is 31.7 Å². The van der Waals surface area contributed by atoms with Crippen LogP contribution in [0.4, 0.5) is 11.5 Å². The Hall–Kier alpha value is -3.83. The van der Waals surface area contributed by atoms with Crippen molar-refractivity contribution in [1.82, 2.24) is 19.8 Å². The summed E-state index contributed by atoms with van der Waals surface area (Å²) in [5, 5.41) is 15.8. The predicted octanol–water partition coefficient (Wildman–Crippen LogP) is 3.02. The number of carbonyl (C=O) groups is 1. The number of esters is 1. The van der Waals surface area contributed by atoms with E-state index in [1.54, 1.807) is 6.07 Å². The molecular formula is C26H30N6O5. The Labute approximate surface area is 214 Å². The van der Waals surface area contributed by atoms with E-state index in [9.17, 15) is 14.9 Å². The number of fused-ring (bicyclic) bond motifs is 1. The van der Waals surface area contributed by atoms with E-state index in [1.807, 2.05) is 37.3 Å². The Morgan fingerprint density at radius 2 is 1.97 bits per heavy atom. The minimum atomic E-state index is -0.435. The summed E-state index contributed by atoms with van der Waals surface area (Å²) in [6, 6.07) is 13.1. The molecular weight excluding hydrogens is 476 g/mol. The molecule has 0 amide bonds. The highest BCUT2D eigenvalue weighted by Gasteiger charge is 2.31. The molecule has 0 radical (unpaired) electrons. The fourth-order valence-electron chi connectivity index (χ4n) is 4.85. The molecule has 0 aliphatic carbocycles. The van der Waals surface area contributed by atoms with Crippen molar-refractivity contribution in [3.63, 3.8) is 0 Å². The number of hydrogen-bond donors (Lipinski definition) is 1. The van der Waals surface area contributed by atoms with E-state index in [4.69, 9.17) is 9.47 Å². The minimum absolute atomic E-state index is 0.0450. The molecule has 0 bridgehead atoms. The van der Waals surface area contributed by atoms with Crippen LogP contribution in [-0.2, 0) is 9.53 Å². The zero-order chi connectivity index (χ0) is 25.8. The number of nitrogens with one attached hydrogen (secondary N) is 1. The molecule has 2 fully saturated rings. The molecule has 2 aliphatic heterocycles. The van der Waals surface area contributed by atoms with Crippen LogP contribution in [0.15, 0.2) is 48.8 Å². The summed E-state index contributed by atoms with van der Waals surface area (Å²) in [6.45, 7) is 6.84. The normalized spacial score (nSPS) is 19.5. The number of ether oxygens (including phenoxy) is 2. The van der Waals surface area contributed by atoms with Crippen LogP contribution in [0.2, 0.25) is 0 Å². The number of aromatic nitrogens is 2. The van der Waals surface area contributed by atoms with Crippen molar-refractivity contribution in [2.45, 2.75) is 25.4 Å². The number of nitro groups is 1. The summed E-state index contributed by atoms with van der Waals surface area (Å²) in [7, 11) is 0. The lowest BCUT2D eigenvalue weighted by molar-refractivity contribution is -0.385. The van der Waals surface area contributed by atoms with E-state index < -0.39 is 4.92 Å². The van der Waals surface area contributed by atoms with Gasteiger partial charge < -0.3 is 14.8 Å². The van der Waals surface area contributed by atoms with Crippen LogP contribution in [0.3, 0.4) is 0 Å². The molecule has 2 unspecified atom stereocenters. The highest BCUT2D eigenvalue weighted by molar-refractivity contribution is 5.92. The number of carbonyl (C=O) groups excluding carboxylic acids is 1. The molecule has 2 aromatic carbocycles. The number of benzene rings is 2. The first kappa shape index (κ1) is 24.8. The summed E-state index contributed by atoms with van der Waals surface area (Å²) in [6.07, 6.45) is 1.90. The van der Waals surface area contributed by atoms with Crippen molar-refractivity contribution in [1.29, 1.82) is 0 Å². The molecule has 0 saturated carbocycles. The molecule has 2 aliphatic rings. The van der Waals surface area contributed by atoms with Crippen molar-refractivity contribution >= 4 is 28.4 Å². The molecule has 11 nitrogen and oxygen atoms in total. The van der Waals surface area contributed by atoms with Gasteiger partial charge in [-0.3, -0.25) is 24.7 Å². The molecule has 2 saturated heterocycles. The van der Waals surface area contributed by atoms with Gasteiger partial charge in [0.1, 0.15) is 25.4 Å². The summed E-state index contributed by atoms with van der Waals surface area (Å²) in [5.41, 5.74) is 1.53. The predicted molar refractivity (Wildman–Crippen MR) is 138 cm³/mol. The van der Waals surface area contributed by atoms with Crippen molar-refractivity contribution in [2.75, 3.05) is 51.3 Å². The van der Waals surface area contributed by atoms with Gasteiger partial charge >= 0.3 is 11.7 Å². The van der Waals surface area contributed by atoms with Crippen LogP contribution in [0.5, 0.6) is 5.75 Å². The largest absolute Gasteiger partial charge is 0.485 e. The fraction of sp³-hybridized carbons (Fsp3) is 0.423. The van der Waals surface area contributed by atoms with Crippen molar-refractivity contribution in [3.8, 4) is 5.75 Å². The second kappa shape index (κ2) is 11.1. The van der Waals surface area contributed by atoms with E-state index in [2.05, 4.69) is 25.1 Å². The average Bonchev–Trinajstić information content (AvgIpc) is 3.35. The first-order valence-electron chi connectivity index (χ1n) is 12.5. The van der Waals surface area contributed by atoms with Crippen LogP contribution in [0.25, 0.3) is 10.9 Å². The Morgan fingerprint density at radius 1 is 1.19 bits per heavy atom. The lowest BCUT2D eigenvalue weighted by Gasteiger charge is -2.36. The SMILES string of the molecule is CC(Nc1ncnc2cc(OCCN3CCN(C4COC(=O)C4)CC3)c([N+](=O)[O-])cc12)c1ccccc1. The third-order valence-corrected chi connectivity index (χ3v) is 6.99. The molecule has 3 aromatic rings. The van der Waals surface area contributed by atoms with Gasteiger partial charge in [-0.05, 0) is 12.5 Å². The van der Waals surface area contributed by atoms with Gasteiger partial charge in [0.05, 0.1) is 22.9 Å². The van der Waals surface area contributed by atoms with Gasteiger partial charge in [-0.1, -0.05) is 30.3 Å². The number of cyclic esters (lactones) is 1. The third kappa shape index (κ3) is 5.78. The molecule has 1 N–H and O–H groups in total. The van der Waals surface area contributed by atoms with Gasteiger partial charge in [0.2, 0.25) is 0 Å². The number of anilines is 1. The zero-order valence-electron chi connectivity index (χ0n) is 20.7. The molecule has 194 valence electrons. The summed E-state index contributed by atoms with van der Waals surface area (Å²) < 4.78 is 11.0. The summed E-state index contributed by atoms with van der Waals surface area (Å²) >= 11 is 0. The van der Waals surface area contributed by atoms with Crippen LogP contribution in [0, 0.1) is 10.1 Å². The molecule has 11 heteroatoms. The number of piperazine rings is 1. The number of hydrogen-bond acceptors (Lipinski definition) is 10. The van der Waals surface area contributed by atoms with Gasteiger partial charge in [0.15, 0.2) is 5.75 Å². The topological polar surface area (TPSA) is 123 Å². The van der Waals surface area contributed by atoms with E-state index in [0.29, 0.717) is 42.9 Å². The average molecular weight is 507 g/mol. The van der Waals surface area contributed by atoms with Crippen LogP contribution >= 0.6 is 0 Å². The molecule has 3 heterocycles. The van der Waals surface area contributed by atoms with Crippen LogP contribution in [-0.4, -0.2) is 82.6 Å². The lowest BCUT2D eigenvalue weighted by atomic mass is 10.1. The fourth-order valence-corrected chi connectivity index (χ4v) is 4.85. The Bertz CT molecular complexity index is 1270. The Kier molecular flexibility index (Phi) is 7.42. The summed E-state index contributed by atoms with van der Waals surface area (Å²) in [4.78, 5) is 36.1. The Morgan fingerprint density at radius 3 is 2.68 bits per heavy atom. The monoisotopic (exact) mass is 506 g/mol. The second-order valence-corrected chi connectivity index (χ2v) is 9.36. The molecule has 0 spiro atoms. The van der Waals surface area contributed by atoms with Crippen molar-refractivity contribution in [3.05, 3.63) is 64.5 Å². The number of nitrogens with zero attached hydrogens (tertiary/aromatic N) is 5. The third-order valence-electron chi connectivity index (χ3n) is 6.99. The van der Waals surface area contributed by atoms with Gasteiger partial charge in [-0.2, -0.15) is 0 Å². The molecule has 1 aromatic heterocycles. The summed E-state index contributed by atoms with van der Waals surface area (Å²) in [5.74, 6) is 0.596. The molecule has 2 atom stereocenters. The van der Waals surface area contributed by atoms with Crippen molar-refractivity contribution < 1.29 is 19.2 Å². The highest BCUT2D eigenvalue weighted by atomic mass is 16.6. The van der Waals surface area contributed by atoms with E-state index >= 15 is 0 Å².